The smallest absolute Gasteiger partial charge is 0.273 e. The van der Waals surface area contributed by atoms with Crippen LogP contribution < -0.4 is 4.74 Å². The standard InChI is InChI=1S/C10H10BrNO3/c1-8(5-6-11)15-10-4-2-3-9(7-10)12(13)14/h2-8H,1H3. The summed E-state index contributed by atoms with van der Waals surface area (Å²) in [6.45, 7) is 1.84. The van der Waals surface area contributed by atoms with Gasteiger partial charge in [-0.05, 0) is 24.1 Å². The van der Waals surface area contributed by atoms with Gasteiger partial charge in [-0.1, -0.05) is 22.0 Å². The van der Waals surface area contributed by atoms with E-state index in [1.807, 2.05) is 6.92 Å². The van der Waals surface area contributed by atoms with Crippen LogP contribution in [0, 0.1) is 10.1 Å². The lowest BCUT2D eigenvalue weighted by Crippen LogP contribution is -2.07. The lowest BCUT2D eigenvalue weighted by atomic mass is 10.3. The molecule has 1 aromatic rings. The highest BCUT2D eigenvalue weighted by molar-refractivity contribution is 9.11. The second kappa shape index (κ2) is 5.50. The Bertz CT molecular complexity index is 379. The van der Waals surface area contributed by atoms with E-state index in [0.29, 0.717) is 5.75 Å². The molecule has 5 heteroatoms. The fourth-order valence-electron chi connectivity index (χ4n) is 1.03. The average molecular weight is 272 g/mol. The zero-order chi connectivity index (χ0) is 11.3. The predicted molar refractivity (Wildman–Crippen MR) is 61.3 cm³/mol. The summed E-state index contributed by atoms with van der Waals surface area (Å²) in [6.07, 6.45) is 1.66. The van der Waals surface area contributed by atoms with Crippen molar-refractivity contribution in [1.82, 2.24) is 0 Å². The van der Waals surface area contributed by atoms with Gasteiger partial charge in [0.05, 0.1) is 11.0 Å². The maximum atomic E-state index is 10.5. The minimum Gasteiger partial charge on any atom is -0.486 e. The minimum absolute atomic E-state index is 0.0301. The van der Waals surface area contributed by atoms with E-state index in [1.165, 1.54) is 12.1 Å². The molecule has 0 spiro atoms. The molecule has 0 aliphatic carbocycles. The molecular formula is C10H10BrNO3. The van der Waals surface area contributed by atoms with Crippen LogP contribution in [0.1, 0.15) is 6.92 Å². The Hall–Kier alpha value is -1.36. The van der Waals surface area contributed by atoms with Crippen LogP contribution >= 0.6 is 15.9 Å². The first-order valence-electron chi connectivity index (χ1n) is 4.31. The third-order valence-electron chi connectivity index (χ3n) is 1.69. The normalized spacial score (nSPS) is 12.7. The largest absolute Gasteiger partial charge is 0.486 e. The van der Waals surface area contributed by atoms with E-state index in [2.05, 4.69) is 15.9 Å². The van der Waals surface area contributed by atoms with Gasteiger partial charge in [0.25, 0.3) is 5.69 Å². The Morgan fingerprint density at radius 1 is 1.60 bits per heavy atom. The number of ether oxygens (including phenoxy) is 1. The molecule has 1 unspecified atom stereocenters. The minimum atomic E-state index is -0.447. The van der Waals surface area contributed by atoms with Crippen molar-refractivity contribution in [1.29, 1.82) is 0 Å². The van der Waals surface area contributed by atoms with E-state index < -0.39 is 4.92 Å². The second-order valence-electron chi connectivity index (χ2n) is 2.90. The van der Waals surface area contributed by atoms with Crippen molar-refractivity contribution in [2.75, 3.05) is 0 Å². The summed E-state index contributed by atoms with van der Waals surface area (Å²) in [6, 6.07) is 6.11. The third kappa shape index (κ3) is 3.71. The van der Waals surface area contributed by atoms with E-state index in [-0.39, 0.29) is 11.8 Å². The number of non-ortho nitro benzene ring substituents is 1. The van der Waals surface area contributed by atoms with Crippen LogP contribution in [-0.4, -0.2) is 11.0 Å². The van der Waals surface area contributed by atoms with Crippen molar-refractivity contribution in [3.05, 3.63) is 45.4 Å². The molecule has 0 aliphatic rings. The van der Waals surface area contributed by atoms with Gasteiger partial charge in [0.1, 0.15) is 11.9 Å². The SMILES string of the molecule is CC(C=CBr)Oc1cccc([N+](=O)[O-])c1. The molecule has 0 N–H and O–H groups in total. The number of nitrogens with zero attached hydrogens (tertiary/aromatic N) is 1. The molecule has 0 bridgehead atoms. The highest BCUT2D eigenvalue weighted by atomic mass is 79.9. The molecular weight excluding hydrogens is 262 g/mol. The first kappa shape index (κ1) is 11.7. The van der Waals surface area contributed by atoms with Gasteiger partial charge in [0.15, 0.2) is 0 Å². The summed E-state index contributed by atoms with van der Waals surface area (Å²) in [5.41, 5.74) is 0.0301. The van der Waals surface area contributed by atoms with Gasteiger partial charge in [0, 0.05) is 6.07 Å². The first-order chi connectivity index (χ1) is 7.13. The zero-order valence-electron chi connectivity index (χ0n) is 8.09. The molecule has 0 fully saturated rings. The Morgan fingerprint density at radius 2 is 2.33 bits per heavy atom. The molecule has 0 aromatic heterocycles. The fourth-order valence-corrected chi connectivity index (χ4v) is 1.46. The lowest BCUT2D eigenvalue weighted by molar-refractivity contribution is -0.384. The molecule has 0 saturated carbocycles. The Kier molecular flexibility index (Phi) is 4.30. The van der Waals surface area contributed by atoms with Crippen LogP contribution in [0.15, 0.2) is 35.3 Å². The Labute approximate surface area is 95.8 Å². The number of hydrogen-bond donors (Lipinski definition) is 0. The van der Waals surface area contributed by atoms with Crippen LogP contribution in [0.25, 0.3) is 0 Å². The van der Waals surface area contributed by atoms with Gasteiger partial charge >= 0.3 is 0 Å². The second-order valence-corrected chi connectivity index (χ2v) is 3.42. The molecule has 1 rings (SSSR count). The van der Waals surface area contributed by atoms with Crippen molar-refractivity contribution < 1.29 is 9.66 Å². The van der Waals surface area contributed by atoms with Crippen LogP contribution in [0.4, 0.5) is 5.69 Å². The number of nitro benzene ring substituents is 1. The molecule has 1 atom stereocenters. The van der Waals surface area contributed by atoms with E-state index in [1.54, 1.807) is 23.2 Å². The molecule has 0 saturated heterocycles. The molecule has 0 aliphatic heterocycles. The number of rotatable bonds is 4. The van der Waals surface area contributed by atoms with E-state index in [4.69, 9.17) is 4.74 Å². The highest BCUT2D eigenvalue weighted by Gasteiger charge is 2.07. The predicted octanol–water partition coefficient (Wildman–Crippen LogP) is 3.27. The molecule has 15 heavy (non-hydrogen) atoms. The van der Waals surface area contributed by atoms with Gasteiger partial charge in [0.2, 0.25) is 0 Å². The maximum absolute atomic E-state index is 10.5. The molecule has 0 heterocycles. The van der Waals surface area contributed by atoms with Crippen molar-refractivity contribution >= 4 is 21.6 Å². The summed E-state index contributed by atoms with van der Waals surface area (Å²) in [5, 5.41) is 10.5. The van der Waals surface area contributed by atoms with Gasteiger partial charge in [-0.25, -0.2) is 0 Å². The number of hydrogen-bond acceptors (Lipinski definition) is 3. The Balaban J connectivity index is 2.77. The van der Waals surface area contributed by atoms with Crippen LogP contribution in [0.2, 0.25) is 0 Å². The number of benzene rings is 1. The maximum Gasteiger partial charge on any atom is 0.273 e. The van der Waals surface area contributed by atoms with Crippen LogP contribution in [-0.2, 0) is 0 Å². The molecule has 80 valence electrons. The summed E-state index contributed by atoms with van der Waals surface area (Å²) < 4.78 is 5.42. The summed E-state index contributed by atoms with van der Waals surface area (Å²) >= 11 is 3.13. The van der Waals surface area contributed by atoms with Crippen LogP contribution in [0.5, 0.6) is 5.75 Å². The zero-order valence-corrected chi connectivity index (χ0v) is 9.68. The van der Waals surface area contributed by atoms with Gasteiger partial charge in [-0.2, -0.15) is 0 Å². The van der Waals surface area contributed by atoms with E-state index >= 15 is 0 Å². The lowest BCUT2D eigenvalue weighted by Gasteiger charge is -2.09. The summed E-state index contributed by atoms with van der Waals surface area (Å²) in [7, 11) is 0. The Morgan fingerprint density at radius 3 is 2.93 bits per heavy atom. The van der Waals surface area contributed by atoms with Gasteiger partial charge < -0.3 is 4.74 Å². The summed E-state index contributed by atoms with van der Waals surface area (Å²) in [5.74, 6) is 0.488. The molecule has 1 aromatic carbocycles. The van der Waals surface area contributed by atoms with Crippen molar-refractivity contribution in [2.24, 2.45) is 0 Å². The fraction of sp³-hybridized carbons (Fsp3) is 0.200. The average Bonchev–Trinajstić information content (AvgIpc) is 2.18. The first-order valence-corrected chi connectivity index (χ1v) is 5.23. The molecule has 0 radical (unpaired) electrons. The topological polar surface area (TPSA) is 52.4 Å². The molecule has 0 amide bonds. The van der Waals surface area contributed by atoms with Crippen molar-refractivity contribution in [3.8, 4) is 5.75 Å². The van der Waals surface area contributed by atoms with E-state index in [9.17, 15) is 10.1 Å². The monoisotopic (exact) mass is 271 g/mol. The number of nitro groups is 1. The van der Waals surface area contributed by atoms with E-state index in [0.717, 1.165) is 0 Å². The van der Waals surface area contributed by atoms with Crippen molar-refractivity contribution in [3.63, 3.8) is 0 Å². The van der Waals surface area contributed by atoms with Gasteiger partial charge in [-0.3, -0.25) is 10.1 Å². The third-order valence-corrected chi connectivity index (χ3v) is 2.00. The quantitative estimate of drug-likeness (QED) is 0.624. The molecule has 4 nitrogen and oxygen atoms in total. The van der Waals surface area contributed by atoms with Gasteiger partial charge in [-0.15, -0.1) is 0 Å². The number of halogens is 1. The van der Waals surface area contributed by atoms with Crippen LogP contribution in [0.3, 0.4) is 0 Å². The highest BCUT2D eigenvalue weighted by Crippen LogP contribution is 2.20. The summed E-state index contributed by atoms with van der Waals surface area (Å²) in [4.78, 5) is 11.7. The van der Waals surface area contributed by atoms with Crippen molar-refractivity contribution in [2.45, 2.75) is 13.0 Å².